The molecule has 0 aliphatic carbocycles. The monoisotopic (exact) mass is 555 g/mol. The highest BCUT2D eigenvalue weighted by Gasteiger charge is 2.07. The van der Waals surface area contributed by atoms with Crippen LogP contribution in [0.1, 0.15) is 29.5 Å². The predicted octanol–water partition coefficient (Wildman–Crippen LogP) is 3.43. The Kier molecular flexibility index (Phi) is 13.3. The Morgan fingerprint density at radius 2 is 1.88 bits per heavy atom. The summed E-state index contributed by atoms with van der Waals surface area (Å²) in [5, 5.41) is 9.21. The van der Waals surface area contributed by atoms with Crippen LogP contribution < -0.4 is 20.7 Å². The Balaban J connectivity index is 0.00000512. The molecule has 1 aromatic heterocycles. The fourth-order valence-corrected chi connectivity index (χ4v) is 2.77. The van der Waals surface area contributed by atoms with Crippen LogP contribution in [-0.4, -0.2) is 50.8 Å². The zero-order chi connectivity index (χ0) is 22.5. The van der Waals surface area contributed by atoms with Crippen molar-refractivity contribution in [3.05, 3.63) is 53.2 Å². The summed E-state index contributed by atoms with van der Waals surface area (Å²) in [6, 6.07) is 9.83. The number of methoxy groups -OCH3 is 1. The summed E-state index contributed by atoms with van der Waals surface area (Å²) in [6.45, 7) is 6.27. The maximum Gasteiger partial charge on any atom is 0.227 e. The lowest BCUT2D eigenvalue weighted by atomic mass is 10.1. The van der Waals surface area contributed by atoms with E-state index in [9.17, 15) is 4.79 Å². The van der Waals surface area contributed by atoms with Crippen LogP contribution in [-0.2, 0) is 16.1 Å². The molecule has 0 unspecified atom stereocenters. The molecule has 1 amide bonds. The van der Waals surface area contributed by atoms with Crippen molar-refractivity contribution in [1.82, 2.24) is 15.6 Å². The van der Waals surface area contributed by atoms with Gasteiger partial charge in [-0.05, 0) is 37.1 Å². The highest BCUT2D eigenvalue weighted by molar-refractivity contribution is 14.0. The second-order valence-corrected chi connectivity index (χ2v) is 7.18. The van der Waals surface area contributed by atoms with Gasteiger partial charge in [-0.1, -0.05) is 18.2 Å². The smallest absolute Gasteiger partial charge is 0.227 e. The fraction of sp³-hybridized carbons (Fsp3) is 0.435. The first-order valence-electron chi connectivity index (χ1n) is 10.4. The molecule has 176 valence electrons. The number of benzene rings is 1. The third-order valence-corrected chi connectivity index (χ3v) is 4.47. The van der Waals surface area contributed by atoms with Gasteiger partial charge in [-0.3, -0.25) is 9.79 Å². The molecule has 0 atom stereocenters. The van der Waals surface area contributed by atoms with Crippen LogP contribution in [0.2, 0.25) is 0 Å². The van der Waals surface area contributed by atoms with E-state index in [0.717, 1.165) is 28.9 Å². The molecule has 3 N–H and O–H groups in total. The van der Waals surface area contributed by atoms with Gasteiger partial charge in [-0.25, -0.2) is 4.98 Å². The minimum Gasteiger partial charge on any atom is -0.493 e. The van der Waals surface area contributed by atoms with E-state index < -0.39 is 0 Å². The molecule has 2 aromatic rings. The minimum atomic E-state index is -0.107. The summed E-state index contributed by atoms with van der Waals surface area (Å²) in [4.78, 5) is 20.5. The Bertz CT molecular complexity index is 859. The van der Waals surface area contributed by atoms with Gasteiger partial charge in [0.15, 0.2) is 5.96 Å². The van der Waals surface area contributed by atoms with Crippen molar-refractivity contribution >= 4 is 41.7 Å². The number of ether oxygens (including phenoxy) is 2. The van der Waals surface area contributed by atoms with Gasteiger partial charge in [-0.15, -0.1) is 24.0 Å². The van der Waals surface area contributed by atoms with E-state index in [1.54, 1.807) is 26.4 Å². The number of aryl methyl sites for hydroxylation is 2. The van der Waals surface area contributed by atoms with Gasteiger partial charge in [-0.2, -0.15) is 0 Å². The van der Waals surface area contributed by atoms with E-state index in [4.69, 9.17) is 9.47 Å². The molecule has 0 aliphatic heterocycles. The summed E-state index contributed by atoms with van der Waals surface area (Å²) < 4.78 is 11.0. The maximum absolute atomic E-state index is 12.1. The average molecular weight is 555 g/mol. The number of rotatable bonds is 11. The molecular weight excluding hydrogens is 521 g/mol. The first-order chi connectivity index (χ1) is 15.0. The molecule has 1 aromatic carbocycles. The van der Waals surface area contributed by atoms with Crippen LogP contribution in [0.25, 0.3) is 0 Å². The van der Waals surface area contributed by atoms with Gasteiger partial charge >= 0.3 is 0 Å². The number of amides is 1. The fourth-order valence-electron chi connectivity index (χ4n) is 2.77. The molecule has 0 saturated heterocycles. The SMILES string of the molecule is CN=C(NCCC(=O)Nc1ccc(C)cn1)NCc1ccc(C)cc1OCCCOC.I. The number of carbonyl (C=O) groups is 1. The van der Waals surface area contributed by atoms with Crippen LogP contribution in [0, 0.1) is 13.8 Å². The zero-order valence-electron chi connectivity index (χ0n) is 19.2. The van der Waals surface area contributed by atoms with Crippen molar-refractivity contribution in [3.63, 3.8) is 0 Å². The summed E-state index contributed by atoms with van der Waals surface area (Å²) in [5.74, 6) is 1.91. The van der Waals surface area contributed by atoms with Crippen LogP contribution >= 0.6 is 24.0 Å². The van der Waals surface area contributed by atoms with E-state index in [1.807, 2.05) is 32.0 Å². The van der Waals surface area contributed by atoms with Crippen molar-refractivity contribution in [2.45, 2.75) is 33.2 Å². The number of nitrogens with zero attached hydrogens (tertiary/aromatic N) is 2. The zero-order valence-corrected chi connectivity index (χ0v) is 21.6. The maximum atomic E-state index is 12.1. The summed E-state index contributed by atoms with van der Waals surface area (Å²) in [6.07, 6.45) is 2.86. The first-order valence-corrected chi connectivity index (χ1v) is 10.4. The van der Waals surface area contributed by atoms with Crippen molar-refractivity contribution in [2.24, 2.45) is 4.99 Å². The van der Waals surface area contributed by atoms with Crippen molar-refractivity contribution < 1.29 is 14.3 Å². The van der Waals surface area contributed by atoms with Crippen molar-refractivity contribution in [2.75, 3.05) is 39.2 Å². The molecule has 2 rings (SSSR count). The van der Waals surface area contributed by atoms with Crippen molar-refractivity contribution in [3.8, 4) is 5.75 Å². The van der Waals surface area contributed by atoms with Crippen LogP contribution in [0.5, 0.6) is 5.75 Å². The molecule has 0 spiro atoms. The highest BCUT2D eigenvalue weighted by atomic mass is 127. The summed E-state index contributed by atoms with van der Waals surface area (Å²) in [7, 11) is 3.38. The van der Waals surface area contributed by atoms with E-state index >= 15 is 0 Å². The third kappa shape index (κ3) is 10.3. The number of guanidine groups is 1. The number of halogens is 1. The minimum absolute atomic E-state index is 0. The number of nitrogens with one attached hydrogen (secondary N) is 3. The summed E-state index contributed by atoms with van der Waals surface area (Å²) >= 11 is 0. The molecule has 9 heteroatoms. The highest BCUT2D eigenvalue weighted by Crippen LogP contribution is 2.20. The number of aromatic nitrogens is 1. The van der Waals surface area contributed by atoms with Gasteiger partial charge in [0.25, 0.3) is 0 Å². The Morgan fingerprint density at radius 3 is 2.56 bits per heavy atom. The quantitative estimate of drug-likeness (QED) is 0.170. The number of carbonyl (C=O) groups excluding carboxylic acids is 1. The third-order valence-electron chi connectivity index (χ3n) is 4.47. The average Bonchev–Trinajstić information content (AvgIpc) is 2.76. The molecule has 8 nitrogen and oxygen atoms in total. The van der Waals surface area contributed by atoms with E-state index in [2.05, 4.69) is 32.0 Å². The normalized spacial score (nSPS) is 10.8. The van der Waals surface area contributed by atoms with Gasteiger partial charge in [0.2, 0.25) is 5.91 Å². The molecule has 0 saturated carbocycles. The van der Waals surface area contributed by atoms with E-state index in [1.165, 1.54) is 0 Å². The van der Waals surface area contributed by atoms with Gasteiger partial charge in [0, 0.05) is 58.5 Å². The van der Waals surface area contributed by atoms with E-state index in [0.29, 0.717) is 44.5 Å². The van der Waals surface area contributed by atoms with Crippen molar-refractivity contribution in [1.29, 1.82) is 0 Å². The topological polar surface area (TPSA) is 96.9 Å². The second kappa shape index (κ2) is 15.4. The lowest BCUT2D eigenvalue weighted by Gasteiger charge is -2.15. The number of pyridine rings is 1. The van der Waals surface area contributed by atoms with Gasteiger partial charge in [0.1, 0.15) is 11.6 Å². The molecule has 0 radical (unpaired) electrons. The largest absolute Gasteiger partial charge is 0.493 e. The number of hydrogen-bond acceptors (Lipinski definition) is 5. The molecule has 32 heavy (non-hydrogen) atoms. The Hall–Kier alpha value is -2.40. The predicted molar refractivity (Wildman–Crippen MR) is 139 cm³/mol. The first kappa shape index (κ1) is 27.6. The molecular formula is C23H34IN5O3. The van der Waals surface area contributed by atoms with E-state index in [-0.39, 0.29) is 29.9 Å². The summed E-state index contributed by atoms with van der Waals surface area (Å²) in [5.41, 5.74) is 3.22. The molecule has 0 fully saturated rings. The van der Waals surface area contributed by atoms with Gasteiger partial charge in [0.05, 0.1) is 6.61 Å². The lowest BCUT2D eigenvalue weighted by Crippen LogP contribution is -2.38. The van der Waals surface area contributed by atoms with Crippen LogP contribution in [0.4, 0.5) is 5.82 Å². The molecule has 0 aliphatic rings. The standard InChI is InChI=1S/C23H33N5O3.HI/c1-17-6-8-19(20(14-17)31-13-5-12-30-4)16-27-23(24-3)25-11-10-22(29)28-21-9-7-18(2)15-26-21;/h6-9,14-15H,5,10-13,16H2,1-4H3,(H2,24,25,27)(H,26,28,29);1H. The number of hydrogen-bond donors (Lipinski definition) is 3. The van der Waals surface area contributed by atoms with Crippen LogP contribution in [0.3, 0.4) is 0 Å². The Morgan fingerprint density at radius 1 is 1.09 bits per heavy atom. The Labute approximate surface area is 207 Å². The molecule has 0 bridgehead atoms. The number of anilines is 1. The second-order valence-electron chi connectivity index (χ2n) is 7.18. The number of aliphatic imine (C=N–C) groups is 1. The lowest BCUT2D eigenvalue weighted by molar-refractivity contribution is -0.116. The van der Waals surface area contributed by atoms with Gasteiger partial charge < -0.3 is 25.4 Å². The molecule has 1 heterocycles. The van der Waals surface area contributed by atoms with Crippen LogP contribution in [0.15, 0.2) is 41.5 Å².